The van der Waals surface area contributed by atoms with Crippen LogP contribution in [0.2, 0.25) is 0 Å². The standard InChI is InChI=1S/C34H42N2O4/c1-6-26-10-7-8-13-31(26)39-20-25-16-29(19-30(17-25)36-21-34(22-36)14-15-38-23-34)28-12-9-11-27(18-28)24(2)35-32(37)40-33(3,4)5/h7-13,16-19,24H,6,14-15,20-23H2,1-5H3,(H,35,37). The third-order valence-corrected chi connectivity index (χ3v) is 7.78. The van der Waals surface area contributed by atoms with Crippen LogP contribution in [-0.4, -0.2) is 38.0 Å². The van der Waals surface area contributed by atoms with Gasteiger partial charge in [-0.05, 0) is 98.7 Å². The first-order chi connectivity index (χ1) is 19.1. The van der Waals surface area contributed by atoms with Gasteiger partial charge in [0.05, 0.1) is 12.6 Å². The molecule has 1 N–H and O–H groups in total. The van der Waals surface area contributed by atoms with Crippen molar-refractivity contribution in [2.24, 2.45) is 5.41 Å². The minimum absolute atomic E-state index is 0.191. The molecular formula is C34H42N2O4. The molecule has 2 fully saturated rings. The fourth-order valence-electron chi connectivity index (χ4n) is 5.60. The van der Waals surface area contributed by atoms with Gasteiger partial charge in [0.2, 0.25) is 0 Å². The van der Waals surface area contributed by atoms with E-state index in [1.165, 1.54) is 11.3 Å². The summed E-state index contributed by atoms with van der Waals surface area (Å²) in [6.07, 6.45) is 1.65. The number of hydrogen-bond donors (Lipinski definition) is 1. The number of carbonyl (C=O) groups excluding carboxylic acids is 1. The van der Waals surface area contributed by atoms with E-state index in [1.54, 1.807) is 0 Å². The van der Waals surface area contributed by atoms with E-state index < -0.39 is 11.7 Å². The zero-order chi connectivity index (χ0) is 28.3. The Balaban J connectivity index is 1.40. The first-order valence-electron chi connectivity index (χ1n) is 14.4. The predicted molar refractivity (Wildman–Crippen MR) is 160 cm³/mol. The highest BCUT2D eigenvalue weighted by molar-refractivity contribution is 5.72. The molecule has 5 rings (SSSR count). The number of nitrogens with zero attached hydrogens (tertiary/aromatic N) is 1. The van der Waals surface area contributed by atoms with Gasteiger partial charge in [0.25, 0.3) is 0 Å². The third-order valence-electron chi connectivity index (χ3n) is 7.78. The molecule has 3 aromatic carbocycles. The van der Waals surface area contributed by atoms with Crippen molar-refractivity contribution in [2.75, 3.05) is 31.2 Å². The average molecular weight is 543 g/mol. The number of hydrogen-bond acceptors (Lipinski definition) is 5. The summed E-state index contributed by atoms with van der Waals surface area (Å²) in [5.74, 6) is 0.937. The van der Waals surface area contributed by atoms with Gasteiger partial charge in [0, 0.05) is 30.8 Å². The number of ether oxygens (including phenoxy) is 3. The van der Waals surface area contributed by atoms with Gasteiger partial charge < -0.3 is 24.4 Å². The Morgan fingerprint density at radius 1 is 1.05 bits per heavy atom. The zero-order valence-corrected chi connectivity index (χ0v) is 24.5. The predicted octanol–water partition coefficient (Wildman–Crippen LogP) is 7.31. The highest BCUT2D eigenvalue weighted by atomic mass is 16.6. The third kappa shape index (κ3) is 6.61. The van der Waals surface area contributed by atoms with Crippen LogP contribution in [0, 0.1) is 5.41 Å². The topological polar surface area (TPSA) is 60.0 Å². The highest BCUT2D eigenvalue weighted by Crippen LogP contribution is 2.42. The molecule has 0 radical (unpaired) electrons. The summed E-state index contributed by atoms with van der Waals surface area (Å²) in [5.41, 5.74) is 6.58. The van der Waals surface area contributed by atoms with Gasteiger partial charge in [-0.25, -0.2) is 4.79 Å². The maximum Gasteiger partial charge on any atom is 0.408 e. The molecule has 40 heavy (non-hydrogen) atoms. The van der Waals surface area contributed by atoms with E-state index in [2.05, 4.69) is 59.6 Å². The summed E-state index contributed by atoms with van der Waals surface area (Å²) in [4.78, 5) is 14.8. The van der Waals surface area contributed by atoms with Gasteiger partial charge in [0.15, 0.2) is 0 Å². The van der Waals surface area contributed by atoms with Crippen molar-refractivity contribution in [3.8, 4) is 16.9 Å². The van der Waals surface area contributed by atoms with E-state index >= 15 is 0 Å². The Bertz CT molecular complexity index is 1330. The number of para-hydroxylation sites is 1. The normalized spacial score (nSPS) is 16.9. The molecule has 1 atom stereocenters. The van der Waals surface area contributed by atoms with E-state index in [0.29, 0.717) is 12.0 Å². The van der Waals surface area contributed by atoms with Gasteiger partial charge in [-0.1, -0.05) is 43.3 Å². The quantitative estimate of drug-likeness (QED) is 0.323. The molecule has 6 nitrogen and oxygen atoms in total. The van der Waals surface area contributed by atoms with Crippen LogP contribution in [-0.2, 0) is 22.5 Å². The molecule has 1 spiro atoms. The number of nitrogens with one attached hydrogen (secondary N) is 1. The first kappa shape index (κ1) is 28.0. The van der Waals surface area contributed by atoms with E-state index in [1.807, 2.05) is 52.0 Å². The van der Waals surface area contributed by atoms with Crippen LogP contribution in [0.15, 0.2) is 66.7 Å². The Morgan fingerprint density at radius 2 is 1.85 bits per heavy atom. The monoisotopic (exact) mass is 542 g/mol. The second kappa shape index (κ2) is 11.5. The lowest BCUT2D eigenvalue weighted by Crippen LogP contribution is -2.57. The number of rotatable bonds is 8. The van der Waals surface area contributed by atoms with Gasteiger partial charge in [-0.3, -0.25) is 0 Å². The molecule has 3 aromatic rings. The van der Waals surface area contributed by atoms with Crippen LogP contribution in [0.1, 0.15) is 63.8 Å². The lowest BCUT2D eigenvalue weighted by molar-refractivity contribution is 0.0508. The Hall–Kier alpha value is -3.51. The number of anilines is 1. The van der Waals surface area contributed by atoms with Crippen LogP contribution < -0.4 is 15.0 Å². The first-order valence-corrected chi connectivity index (χ1v) is 14.4. The van der Waals surface area contributed by atoms with E-state index in [9.17, 15) is 4.79 Å². The second-order valence-corrected chi connectivity index (χ2v) is 12.3. The molecule has 1 amide bonds. The summed E-state index contributed by atoms with van der Waals surface area (Å²) < 4.78 is 17.5. The molecule has 0 aromatic heterocycles. The fraction of sp³-hybridized carbons (Fsp3) is 0.441. The maximum atomic E-state index is 12.4. The number of aryl methyl sites for hydroxylation is 1. The van der Waals surface area contributed by atoms with Gasteiger partial charge in [-0.2, -0.15) is 0 Å². The lowest BCUT2D eigenvalue weighted by Gasteiger charge is -2.48. The molecule has 2 heterocycles. The number of amides is 1. The summed E-state index contributed by atoms with van der Waals surface area (Å²) in [6.45, 7) is 14.0. The minimum atomic E-state index is -0.539. The van der Waals surface area contributed by atoms with Gasteiger partial charge in [-0.15, -0.1) is 0 Å². The van der Waals surface area contributed by atoms with E-state index in [-0.39, 0.29) is 6.04 Å². The Kier molecular flexibility index (Phi) is 8.09. The van der Waals surface area contributed by atoms with E-state index in [4.69, 9.17) is 14.2 Å². The number of benzene rings is 3. The van der Waals surface area contributed by atoms with Crippen molar-refractivity contribution >= 4 is 11.8 Å². The van der Waals surface area contributed by atoms with Crippen molar-refractivity contribution in [1.29, 1.82) is 0 Å². The van der Waals surface area contributed by atoms with E-state index in [0.717, 1.165) is 67.1 Å². The van der Waals surface area contributed by atoms with Crippen LogP contribution in [0.25, 0.3) is 11.1 Å². The molecule has 6 heteroatoms. The zero-order valence-electron chi connectivity index (χ0n) is 24.5. The van der Waals surface area contributed by atoms with Crippen LogP contribution >= 0.6 is 0 Å². The summed E-state index contributed by atoms with van der Waals surface area (Å²) in [6, 6.07) is 23.2. The molecule has 0 aliphatic carbocycles. The summed E-state index contributed by atoms with van der Waals surface area (Å²) >= 11 is 0. The molecule has 1 unspecified atom stereocenters. The molecule has 2 aliphatic rings. The van der Waals surface area contributed by atoms with Crippen LogP contribution in [0.4, 0.5) is 10.5 Å². The van der Waals surface area contributed by atoms with Crippen LogP contribution in [0.3, 0.4) is 0 Å². The fourth-order valence-corrected chi connectivity index (χ4v) is 5.60. The molecule has 2 aliphatic heterocycles. The molecule has 212 valence electrons. The maximum absolute atomic E-state index is 12.4. The lowest BCUT2D eigenvalue weighted by atomic mass is 9.79. The second-order valence-electron chi connectivity index (χ2n) is 12.3. The van der Waals surface area contributed by atoms with Crippen LogP contribution in [0.5, 0.6) is 5.75 Å². The smallest absolute Gasteiger partial charge is 0.408 e. The molecule has 0 saturated carbocycles. The average Bonchev–Trinajstić information content (AvgIpc) is 3.41. The molecule has 0 bridgehead atoms. The van der Waals surface area contributed by atoms with Crippen molar-refractivity contribution in [2.45, 2.75) is 65.7 Å². The van der Waals surface area contributed by atoms with Gasteiger partial charge >= 0.3 is 6.09 Å². The summed E-state index contributed by atoms with van der Waals surface area (Å²) in [5, 5.41) is 2.97. The molecule has 2 saturated heterocycles. The largest absolute Gasteiger partial charge is 0.489 e. The summed E-state index contributed by atoms with van der Waals surface area (Å²) in [7, 11) is 0. The highest BCUT2D eigenvalue weighted by Gasteiger charge is 2.46. The SMILES string of the molecule is CCc1ccccc1OCc1cc(-c2cccc(C(C)NC(=O)OC(C)(C)C)c2)cc(N2CC3(CCOC3)C2)c1. The Labute approximate surface area is 238 Å². The number of alkyl carbamates (subject to hydrolysis) is 1. The number of carbonyl (C=O) groups is 1. The minimum Gasteiger partial charge on any atom is -0.489 e. The van der Waals surface area contributed by atoms with Crippen molar-refractivity contribution in [3.05, 3.63) is 83.4 Å². The van der Waals surface area contributed by atoms with Crippen molar-refractivity contribution in [3.63, 3.8) is 0 Å². The van der Waals surface area contributed by atoms with Crippen molar-refractivity contribution in [1.82, 2.24) is 5.32 Å². The Morgan fingerprint density at radius 3 is 2.58 bits per heavy atom. The van der Waals surface area contributed by atoms with Crippen molar-refractivity contribution < 1.29 is 19.0 Å². The van der Waals surface area contributed by atoms with Gasteiger partial charge in [0.1, 0.15) is 18.0 Å². The molecular weight excluding hydrogens is 500 g/mol.